The first-order chi connectivity index (χ1) is 12.2. The molecule has 3 rings (SSSR count). The van der Waals surface area contributed by atoms with Crippen LogP contribution >= 0.6 is 0 Å². The molecule has 1 heterocycles. The van der Waals surface area contributed by atoms with Gasteiger partial charge in [0, 0.05) is 44.2 Å². The molecule has 0 bridgehead atoms. The Hall–Kier alpha value is -1.92. The normalized spacial score (nSPS) is 30.9. The van der Waals surface area contributed by atoms with Gasteiger partial charge in [0.2, 0.25) is 0 Å². The topological polar surface area (TPSA) is 72.4 Å². The van der Waals surface area contributed by atoms with Crippen LogP contribution in [0.25, 0.3) is 0 Å². The second-order valence-electron chi connectivity index (χ2n) is 6.60. The number of ether oxygens (including phenoxy) is 2. The maximum absolute atomic E-state index is 6.35. The van der Waals surface area contributed by atoms with E-state index in [1.807, 2.05) is 0 Å². The lowest BCUT2D eigenvalue weighted by Gasteiger charge is -2.33. The number of allylic oxidation sites excluding steroid dienone is 3. The van der Waals surface area contributed by atoms with E-state index in [-0.39, 0.29) is 6.10 Å². The van der Waals surface area contributed by atoms with Gasteiger partial charge in [-0.2, -0.15) is 0 Å². The molecule has 25 heavy (non-hydrogen) atoms. The van der Waals surface area contributed by atoms with Gasteiger partial charge in [0.05, 0.1) is 25.0 Å². The van der Waals surface area contributed by atoms with Crippen LogP contribution in [-0.2, 0) is 9.47 Å². The Morgan fingerprint density at radius 2 is 1.96 bits per heavy atom. The minimum absolute atomic E-state index is 0.184. The molecular weight excluding hydrogens is 316 g/mol. The number of rotatable bonds is 4. The van der Waals surface area contributed by atoms with Crippen LogP contribution in [0.4, 0.5) is 0 Å². The summed E-state index contributed by atoms with van der Waals surface area (Å²) in [6.07, 6.45) is 9.85. The summed E-state index contributed by atoms with van der Waals surface area (Å²) in [5.74, 6) is 0.782. The number of nitrogens with two attached hydrogens (primary N) is 1. The van der Waals surface area contributed by atoms with Crippen molar-refractivity contribution >= 4 is 11.4 Å². The monoisotopic (exact) mass is 344 g/mol. The Morgan fingerprint density at radius 3 is 2.60 bits per heavy atom. The van der Waals surface area contributed by atoms with Crippen LogP contribution in [0.1, 0.15) is 25.7 Å². The van der Waals surface area contributed by atoms with Gasteiger partial charge in [0.15, 0.2) is 0 Å². The number of hydrogen-bond acceptors (Lipinski definition) is 6. The first-order valence-corrected chi connectivity index (χ1v) is 9.06. The van der Waals surface area contributed by atoms with E-state index in [0.717, 1.165) is 74.9 Å². The van der Waals surface area contributed by atoms with Crippen LogP contribution < -0.4 is 5.73 Å². The minimum atomic E-state index is 0.184. The molecule has 2 aliphatic carbocycles. The van der Waals surface area contributed by atoms with E-state index in [1.165, 1.54) is 0 Å². The quantitative estimate of drug-likeness (QED) is 0.792. The summed E-state index contributed by atoms with van der Waals surface area (Å²) >= 11 is 0. The van der Waals surface area contributed by atoms with E-state index in [0.29, 0.717) is 6.04 Å². The number of nitrogens with zero attached hydrogens (tertiary/aromatic N) is 3. The summed E-state index contributed by atoms with van der Waals surface area (Å²) < 4.78 is 11.8. The summed E-state index contributed by atoms with van der Waals surface area (Å²) in [4.78, 5) is 11.1. The van der Waals surface area contributed by atoms with Gasteiger partial charge < -0.3 is 20.1 Å². The van der Waals surface area contributed by atoms with Crippen molar-refractivity contribution in [1.82, 2.24) is 4.90 Å². The second-order valence-corrected chi connectivity index (χ2v) is 6.60. The third kappa shape index (κ3) is 4.38. The van der Waals surface area contributed by atoms with Gasteiger partial charge in [-0.3, -0.25) is 9.98 Å². The Kier molecular flexibility index (Phi) is 6.04. The minimum Gasteiger partial charge on any atom is -0.488 e. The largest absolute Gasteiger partial charge is 0.488 e. The molecule has 0 atom stereocenters. The number of morpholine rings is 1. The predicted molar refractivity (Wildman–Crippen MR) is 101 cm³/mol. The molecule has 1 aliphatic heterocycles. The van der Waals surface area contributed by atoms with Crippen LogP contribution in [0.15, 0.2) is 46.4 Å². The summed E-state index contributed by atoms with van der Waals surface area (Å²) in [6.45, 7) is 6.97. The Balaban J connectivity index is 1.84. The van der Waals surface area contributed by atoms with E-state index in [9.17, 15) is 0 Å². The molecule has 3 aliphatic rings. The Labute approximate surface area is 149 Å². The maximum Gasteiger partial charge on any atom is 0.149 e. The molecule has 0 aromatic carbocycles. The smallest absolute Gasteiger partial charge is 0.149 e. The van der Waals surface area contributed by atoms with Crippen molar-refractivity contribution in [1.29, 1.82) is 0 Å². The summed E-state index contributed by atoms with van der Waals surface area (Å²) in [7, 11) is 1.78. The third-order valence-electron chi connectivity index (χ3n) is 4.89. The SMILES string of the molecule is C=CN=C1C(OC2CCC(N)CC2)=CC(N2CCOCC2)=CC1=NC. The van der Waals surface area contributed by atoms with Crippen molar-refractivity contribution in [3.63, 3.8) is 0 Å². The van der Waals surface area contributed by atoms with Gasteiger partial charge in [-0.25, -0.2) is 0 Å². The lowest BCUT2D eigenvalue weighted by atomic mass is 9.93. The van der Waals surface area contributed by atoms with Gasteiger partial charge in [-0.05, 0) is 31.8 Å². The number of hydrogen-bond donors (Lipinski definition) is 1. The molecule has 136 valence electrons. The van der Waals surface area contributed by atoms with Crippen LogP contribution in [0.5, 0.6) is 0 Å². The molecule has 2 N–H and O–H groups in total. The lowest BCUT2D eigenvalue weighted by molar-refractivity contribution is 0.0544. The molecule has 0 spiro atoms. The highest BCUT2D eigenvalue weighted by molar-refractivity contribution is 6.52. The van der Waals surface area contributed by atoms with E-state index < -0.39 is 0 Å². The van der Waals surface area contributed by atoms with Crippen molar-refractivity contribution in [2.45, 2.75) is 37.8 Å². The fourth-order valence-corrected chi connectivity index (χ4v) is 3.45. The van der Waals surface area contributed by atoms with E-state index >= 15 is 0 Å². The Bertz CT molecular complexity index is 607. The molecule has 1 saturated heterocycles. The maximum atomic E-state index is 6.35. The van der Waals surface area contributed by atoms with E-state index in [1.54, 1.807) is 13.2 Å². The van der Waals surface area contributed by atoms with Gasteiger partial charge in [-0.1, -0.05) is 6.58 Å². The van der Waals surface area contributed by atoms with E-state index in [2.05, 4.69) is 33.6 Å². The zero-order valence-electron chi connectivity index (χ0n) is 15.0. The van der Waals surface area contributed by atoms with Gasteiger partial charge >= 0.3 is 0 Å². The highest BCUT2D eigenvalue weighted by Gasteiger charge is 2.27. The van der Waals surface area contributed by atoms with Gasteiger partial charge in [-0.15, -0.1) is 0 Å². The van der Waals surface area contributed by atoms with Crippen LogP contribution in [-0.4, -0.2) is 61.8 Å². The highest BCUT2D eigenvalue weighted by atomic mass is 16.5. The molecule has 1 saturated carbocycles. The van der Waals surface area contributed by atoms with Crippen molar-refractivity contribution in [2.75, 3.05) is 33.4 Å². The average molecular weight is 344 g/mol. The van der Waals surface area contributed by atoms with Crippen molar-refractivity contribution < 1.29 is 9.47 Å². The Morgan fingerprint density at radius 1 is 1.24 bits per heavy atom. The zero-order valence-corrected chi connectivity index (χ0v) is 15.0. The molecular formula is C19H28N4O2. The van der Waals surface area contributed by atoms with Crippen molar-refractivity contribution in [3.05, 3.63) is 36.4 Å². The molecule has 2 fully saturated rings. The summed E-state index contributed by atoms with van der Waals surface area (Å²) in [6, 6.07) is 0.304. The zero-order chi connectivity index (χ0) is 17.6. The predicted octanol–water partition coefficient (Wildman–Crippen LogP) is 2.04. The van der Waals surface area contributed by atoms with Crippen molar-refractivity contribution in [2.24, 2.45) is 15.7 Å². The number of aliphatic imine (C=N–C) groups is 2. The molecule has 0 aromatic heterocycles. The van der Waals surface area contributed by atoms with Crippen LogP contribution in [0.3, 0.4) is 0 Å². The standard InChI is InChI=1S/C19H28N4O2/c1-3-22-19-17(21-2)12-15(23-8-10-24-11-9-23)13-18(19)25-16-6-4-14(20)5-7-16/h3,12-14,16H,1,4-11,20H2,2H3. The second kappa shape index (κ2) is 8.45. The fourth-order valence-electron chi connectivity index (χ4n) is 3.45. The van der Waals surface area contributed by atoms with Crippen LogP contribution in [0.2, 0.25) is 0 Å². The van der Waals surface area contributed by atoms with Crippen LogP contribution in [0, 0.1) is 0 Å². The average Bonchev–Trinajstić information content (AvgIpc) is 2.65. The molecule has 6 heteroatoms. The summed E-state index contributed by atoms with van der Waals surface area (Å²) in [5.41, 5.74) is 8.70. The summed E-state index contributed by atoms with van der Waals surface area (Å²) in [5, 5.41) is 0. The highest BCUT2D eigenvalue weighted by Crippen LogP contribution is 2.26. The molecule has 0 aromatic rings. The van der Waals surface area contributed by atoms with Crippen molar-refractivity contribution in [3.8, 4) is 0 Å². The molecule has 0 unspecified atom stereocenters. The first kappa shape index (κ1) is 17.9. The fraction of sp³-hybridized carbons (Fsp3) is 0.579. The molecule has 0 radical (unpaired) electrons. The van der Waals surface area contributed by atoms with Gasteiger partial charge in [0.1, 0.15) is 11.5 Å². The third-order valence-corrected chi connectivity index (χ3v) is 4.89. The van der Waals surface area contributed by atoms with E-state index in [4.69, 9.17) is 15.2 Å². The van der Waals surface area contributed by atoms with Gasteiger partial charge in [0.25, 0.3) is 0 Å². The molecule has 6 nitrogen and oxygen atoms in total. The molecule has 0 amide bonds. The lowest BCUT2D eigenvalue weighted by Crippen LogP contribution is -2.37. The first-order valence-electron chi connectivity index (χ1n) is 9.06.